The van der Waals surface area contributed by atoms with E-state index in [1.807, 2.05) is 18.2 Å². The molecule has 1 aliphatic carbocycles. The van der Waals surface area contributed by atoms with Crippen LogP contribution in [0.25, 0.3) is 32.9 Å². The summed E-state index contributed by atoms with van der Waals surface area (Å²) in [6.45, 7) is 4.55. The van der Waals surface area contributed by atoms with E-state index in [1.54, 1.807) is 0 Å². The van der Waals surface area contributed by atoms with Crippen molar-refractivity contribution in [2.24, 2.45) is 0 Å². The van der Waals surface area contributed by atoms with Crippen LogP contribution in [0.3, 0.4) is 0 Å². The molecule has 0 spiro atoms. The number of nitrogens with one attached hydrogen (secondary N) is 1. The highest BCUT2D eigenvalue weighted by Gasteiger charge is 2.37. The van der Waals surface area contributed by atoms with E-state index >= 15 is 0 Å². The van der Waals surface area contributed by atoms with Crippen molar-refractivity contribution in [1.82, 2.24) is 14.9 Å². The SMILES string of the molecule is CC(=O)OCCCn1c2ccc(C3CC(COC(C)=O)ON3C)cc2c2c3c(c4c(c21)Cc1ccccc1-4)C(=O)NC3. The summed E-state index contributed by atoms with van der Waals surface area (Å²) in [5, 5.41) is 7.16. The number of rotatable bonds is 7. The number of carbonyl (C=O) groups excluding carboxylic acids is 3. The van der Waals surface area contributed by atoms with Crippen molar-refractivity contribution in [1.29, 1.82) is 0 Å². The second-order valence-electron chi connectivity index (χ2n) is 11.4. The zero-order valence-corrected chi connectivity index (χ0v) is 24.0. The van der Waals surface area contributed by atoms with Gasteiger partial charge in [0.1, 0.15) is 12.7 Å². The second-order valence-corrected chi connectivity index (χ2v) is 11.4. The molecule has 7 rings (SSSR count). The van der Waals surface area contributed by atoms with Gasteiger partial charge in [-0.05, 0) is 46.4 Å². The van der Waals surface area contributed by atoms with Gasteiger partial charge in [0, 0.05) is 68.7 Å². The maximum absolute atomic E-state index is 13.3. The molecule has 3 aliphatic rings. The molecule has 2 atom stereocenters. The molecule has 42 heavy (non-hydrogen) atoms. The molecule has 1 amide bonds. The van der Waals surface area contributed by atoms with Crippen LogP contribution in [0.5, 0.6) is 0 Å². The number of nitrogens with zero attached hydrogens (tertiary/aromatic N) is 2. The van der Waals surface area contributed by atoms with Crippen LogP contribution in [0.4, 0.5) is 0 Å². The minimum absolute atomic E-state index is 0.0104. The average Bonchev–Trinajstić information content (AvgIpc) is 3.71. The number of fused-ring (bicyclic) bond motifs is 10. The molecule has 0 radical (unpaired) electrons. The summed E-state index contributed by atoms with van der Waals surface area (Å²) in [5.74, 6) is -0.626. The van der Waals surface area contributed by atoms with E-state index in [9.17, 15) is 14.4 Å². The van der Waals surface area contributed by atoms with Crippen LogP contribution in [0.15, 0.2) is 42.5 Å². The maximum Gasteiger partial charge on any atom is 0.302 e. The largest absolute Gasteiger partial charge is 0.466 e. The fourth-order valence-electron chi connectivity index (χ4n) is 7.08. The highest BCUT2D eigenvalue weighted by atomic mass is 16.7. The fraction of sp³-hybridized carbons (Fsp3) is 0.364. The van der Waals surface area contributed by atoms with Gasteiger partial charge in [0.25, 0.3) is 5.91 Å². The molecular weight excluding hydrogens is 534 g/mol. The van der Waals surface area contributed by atoms with E-state index < -0.39 is 0 Å². The predicted molar refractivity (Wildman–Crippen MR) is 157 cm³/mol. The van der Waals surface area contributed by atoms with Gasteiger partial charge in [0.2, 0.25) is 0 Å². The number of amides is 1. The van der Waals surface area contributed by atoms with Crippen LogP contribution in [-0.4, -0.2) is 53.8 Å². The number of hydrogen-bond acceptors (Lipinski definition) is 7. The number of esters is 2. The van der Waals surface area contributed by atoms with Gasteiger partial charge in [-0.1, -0.05) is 30.3 Å². The van der Waals surface area contributed by atoms with Crippen molar-refractivity contribution in [3.8, 4) is 11.1 Å². The summed E-state index contributed by atoms with van der Waals surface area (Å²) in [6, 6.07) is 14.9. The van der Waals surface area contributed by atoms with Gasteiger partial charge in [0.05, 0.1) is 23.7 Å². The zero-order valence-electron chi connectivity index (χ0n) is 24.0. The first-order valence-corrected chi connectivity index (χ1v) is 14.5. The van der Waals surface area contributed by atoms with Gasteiger partial charge in [0.15, 0.2) is 0 Å². The monoisotopic (exact) mass is 567 g/mol. The third-order valence-corrected chi connectivity index (χ3v) is 8.76. The lowest BCUT2D eigenvalue weighted by molar-refractivity contribution is -0.167. The first-order chi connectivity index (χ1) is 20.3. The van der Waals surface area contributed by atoms with Gasteiger partial charge < -0.3 is 19.4 Å². The molecule has 0 bridgehead atoms. The normalized spacial score (nSPS) is 19.2. The van der Waals surface area contributed by atoms with E-state index in [2.05, 4.69) is 46.3 Å². The molecule has 1 N–H and O–H groups in total. The molecule has 9 heteroatoms. The topological polar surface area (TPSA) is 99.1 Å². The second kappa shape index (κ2) is 10.3. The van der Waals surface area contributed by atoms with Crippen LogP contribution in [0, 0.1) is 0 Å². The van der Waals surface area contributed by atoms with Crippen molar-refractivity contribution < 1.29 is 28.7 Å². The lowest BCUT2D eigenvalue weighted by Gasteiger charge is -2.18. The van der Waals surface area contributed by atoms with E-state index in [0.29, 0.717) is 32.5 Å². The Kier molecular flexibility index (Phi) is 6.51. The summed E-state index contributed by atoms with van der Waals surface area (Å²) in [4.78, 5) is 42.1. The van der Waals surface area contributed by atoms with Crippen LogP contribution < -0.4 is 5.32 Å². The molecule has 2 aliphatic heterocycles. The fourth-order valence-corrected chi connectivity index (χ4v) is 7.08. The van der Waals surface area contributed by atoms with E-state index in [0.717, 1.165) is 56.0 Å². The van der Waals surface area contributed by atoms with Crippen molar-refractivity contribution in [2.45, 2.75) is 58.3 Å². The van der Waals surface area contributed by atoms with Crippen LogP contribution in [-0.2, 0) is 43.4 Å². The van der Waals surface area contributed by atoms with Gasteiger partial charge in [-0.3, -0.25) is 19.2 Å². The van der Waals surface area contributed by atoms with Gasteiger partial charge >= 0.3 is 11.9 Å². The lowest BCUT2D eigenvalue weighted by atomic mass is 9.91. The first-order valence-electron chi connectivity index (χ1n) is 14.5. The maximum atomic E-state index is 13.3. The molecule has 2 unspecified atom stereocenters. The first kappa shape index (κ1) is 26.7. The summed E-state index contributed by atoms with van der Waals surface area (Å²) in [7, 11) is 1.91. The molecule has 4 aromatic rings. The van der Waals surface area contributed by atoms with Crippen molar-refractivity contribution in [3.63, 3.8) is 0 Å². The Morgan fingerprint density at radius 2 is 1.86 bits per heavy atom. The number of aryl methyl sites for hydroxylation is 1. The van der Waals surface area contributed by atoms with Crippen LogP contribution in [0.2, 0.25) is 0 Å². The quantitative estimate of drug-likeness (QED) is 0.223. The lowest BCUT2D eigenvalue weighted by Crippen LogP contribution is -2.20. The smallest absolute Gasteiger partial charge is 0.302 e. The third-order valence-electron chi connectivity index (χ3n) is 8.76. The number of hydroxylamine groups is 2. The predicted octanol–water partition coefficient (Wildman–Crippen LogP) is 4.80. The number of aromatic nitrogens is 1. The molecule has 0 saturated carbocycles. The average molecular weight is 568 g/mol. The Balaban J connectivity index is 1.40. The molecule has 1 fully saturated rings. The Morgan fingerprint density at radius 3 is 2.67 bits per heavy atom. The number of hydrogen-bond donors (Lipinski definition) is 1. The van der Waals surface area contributed by atoms with E-state index in [1.165, 1.54) is 25.0 Å². The summed E-state index contributed by atoms with van der Waals surface area (Å²) < 4.78 is 12.8. The molecule has 216 valence electrons. The van der Waals surface area contributed by atoms with Crippen molar-refractivity contribution >= 4 is 39.7 Å². The molecule has 1 aromatic heterocycles. The molecule has 3 heterocycles. The Hall–Kier alpha value is -4.21. The number of benzene rings is 3. The molecule has 9 nitrogen and oxygen atoms in total. The Labute approximate surface area is 243 Å². The minimum Gasteiger partial charge on any atom is -0.466 e. The van der Waals surface area contributed by atoms with Gasteiger partial charge in [-0.2, -0.15) is 5.06 Å². The van der Waals surface area contributed by atoms with Crippen LogP contribution >= 0.6 is 0 Å². The number of ether oxygens (including phenoxy) is 2. The molecule has 1 saturated heterocycles. The summed E-state index contributed by atoms with van der Waals surface area (Å²) in [5.41, 5.74) is 9.73. The van der Waals surface area contributed by atoms with E-state index in [-0.39, 0.29) is 36.6 Å². The van der Waals surface area contributed by atoms with Gasteiger partial charge in [-0.25, -0.2) is 0 Å². The summed E-state index contributed by atoms with van der Waals surface area (Å²) >= 11 is 0. The zero-order chi connectivity index (χ0) is 29.1. The highest BCUT2D eigenvalue weighted by molar-refractivity contribution is 6.20. The molecular formula is C33H33N3O6. The Morgan fingerprint density at radius 1 is 1.05 bits per heavy atom. The van der Waals surface area contributed by atoms with Crippen LogP contribution in [0.1, 0.15) is 65.3 Å². The highest BCUT2D eigenvalue weighted by Crippen LogP contribution is 2.49. The van der Waals surface area contributed by atoms with E-state index in [4.69, 9.17) is 14.3 Å². The number of carbonyl (C=O) groups is 3. The van der Waals surface area contributed by atoms with Crippen molar-refractivity contribution in [2.75, 3.05) is 20.3 Å². The van der Waals surface area contributed by atoms with Crippen molar-refractivity contribution in [3.05, 3.63) is 70.3 Å². The van der Waals surface area contributed by atoms with Gasteiger partial charge in [-0.15, -0.1) is 0 Å². The molecule has 3 aromatic carbocycles. The third kappa shape index (κ3) is 4.26. The Bertz CT molecular complexity index is 1790. The summed E-state index contributed by atoms with van der Waals surface area (Å²) in [6.07, 6.45) is 1.91. The standard InChI is InChI=1S/C33H33N3O6/c1-18(37)40-12-6-11-36-27-10-9-21(28-15-22(42-35(28)3)17-41-19(2)38)14-24(27)30-26-16-34-33(39)31(26)29-23-8-5-4-7-20(23)13-25(29)32(30)36/h4-5,7-10,14,22,28H,6,11-13,15-17H2,1-3H3,(H,34,39). The minimum atomic E-state index is -0.320.